The molecule has 39 heavy (non-hydrogen) atoms. The SMILES string of the molecule is CCC(CC1CCN1C=O)Oc1ccc(C(=N)c2cc(C(=O)NC(c3ccccn3)C3CC3)ccc2N)cc1. The molecule has 1 saturated carbocycles. The number of likely N-dealkylation sites (tertiary alicyclic amines) is 1. The van der Waals surface area contributed by atoms with Crippen LogP contribution in [-0.2, 0) is 4.79 Å². The molecule has 0 radical (unpaired) electrons. The van der Waals surface area contributed by atoms with Crippen molar-refractivity contribution in [2.24, 2.45) is 5.92 Å². The molecule has 8 nitrogen and oxygen atoms in total. The highest BCUT2D eigenvalue weighted by Gasteiger charge is 2.34. The van der Waals surface area contributed by atoms with Gasteiger partial charge < -0.3 is 20.7 Å². The third-order valence-electron chi connectivity index (χ3n) is 7.73. The van der Waals surface area contributed by atoms with Crippen LogP contribution in [0.4, 0.5) is 5.69 Å². The number of hydrogen-bond acceptors (Lipinski definition) is 6. The first-order valence-electron chi connectivity index (χ1n) is 13.6. The molecular formula is C31H35N5O3. The minimum Gasteiger partial charge on any atom is -0.490 e. The van der Waals surface area contributed by atoms with Crippen LogP contribution in [-0.4, -0.2) is 46.6 Å². The van der Waals surface area contributed by atoms with Gasteiger partial charge >= 0.3 is 0 Å². The van der Waals surface area contributed by atoms with Gasteiger partial charge in [0.1, 0.15) is 11.9 Å². The Labute approximate surface area is 229 Å². The van der Waals surface area contributed by atoms with Gasteiger partial charge in [0.2, 0.25) is 6.41 Å². The van der Waals surface area contributed by atoms with Gasteiger partial charge in [0, 0.05) is 47.6 Å². The summed E-state index contributed by atoms with van der Waals surface area (Å²) in [6.45, 7) is 2.90. The van der Waals surface area contributed by atoms with Crippen molar-refractivity contribution in [1.82, 2.24) is 15.2 Å². The number of amides is 2. The lowest BCUT2D eigenvalue weighted by molar-refractivity contribution is -0.125. The predicted molar refractivity (Wildman–Crippen MR) is 151 cm³/mol. The maximum atomic E-state index is 13.2. The standard InChI is InChI=1S/C31H35N5O3/c1-2-24(18-23-14-16-36(23)19-37)39-25-11-8-20(9-12-25)29(33)26-17-22(10-13-27(26)32)31(38)35-30(21-6-7-21)28-5-3-4-15-34-28/h3-5,8-13,15,17,19,21,23-24,30,33H,2,6-7,14,16,18,32H2,1H3,(H,35,38). The molecule has 3 unspecified atom stereocenters. The first-order valence-corrected chi connectivity index (χ1v) is 13.6. The maximum absolute atomic E-state index is 13.2. The van der Waals surface area contributed by atoms with E-state index in [-0.39, 0.29) is 29.8 Å². The average molecular weight is 526 g/mol. The van der Waals surface area contributed by atoms with Crippen LogP contribution in [0.2, 0.25) is 0 Å². The number of benzene rings is 2. The number of carbonyl (C=O) groups is 2. The monoisotopic (exact) mass is 525 g/mol. The second-order valence-corrected chi connectivity index (χ2v) is 10.4. The van der Waals surface area contributed by atoms with E-state index in [2.05, 4.69) is 17.2 Å². The number of ether oxygens (including phenoxy) is 1. The van der Waals surface area contributed by atoms with Gasteiger partial charge in [0.25, 0.3) is 5.91 Å². The van der Waals surface area contributed by atoms with E-state index in [1.54, 1.807) is 24.4 Å². The molecule has 2 heterocycles. The van der Waals surface area contributed by atoms with Crippen LogP contribution in [0, 0.1) is 11.3 Å². The summed E-state index contributed by atoms with van der Waals surface area (Å²) < 4.78 is 6.18. The van der Waals surface area contributed by atoms with Crippen LogP contribution in [0.3, 0.4) is 0 Å². The van der Waals surface area contributed by atoms with Crippen molar-refractivity contribution < 1.29 is 14.3 Å². The van der Waals surface area contributed by atoms with Crippen molar-refractivity contribution in [3.63, 3.8) is 0 Å². The molecule has 3 atom stereocenters. The molecule has 2 aromatic carbocycles. The number of aromatic nitrogens is 1. The summed E-state index contributed by atoms with van der Waals surface area (Å²) >= 11 is 0. The molecule has 2 fully saturated rings. The van der Waals surface area contributed by atoms with Gasteiger partial charge in [-0.2, -0.15) is 0 Å². The number of hydrogen-bond donors (Lipinski definition) is 3. The largest absolute Gasteiger partial charge is 0.490 e. The van der Waals surface area contributed by atoms with Crippen LogP contribution in [0.25, 0.3) is 0 Å². The highest BCUT2D eigenvalue weighted by molar-refractivity contribution is 6.14. The Morgan fingerprint density at radius 1 is 1.15 bits per heavy atom. The minimum absolute atomic E-state index is 0.0134. The summed E-state index contributed by atoms with van der Waals surface area (Å²) in [5, 5.41) is 12.0. The summed E-state index contributed by atoms with van der Waals surface area (Å²) in [4.78, 5) is 30.6. The van der Waals surface area contributed by atoms with Gasteiger partial charge in [-0.1, -0.05) is 13.0 Å². The molecule has 1 aliphatic heterocycles. The Morgan fingerprint density at radius 3 is 2.54 bits per heavy atom. The third kappa shape index (κ3) is 6.11. The third-order valence-corrected chi connectivity index (χ3v) is 7.73. The van der Waals surface area contributed by atoms with E-state index < -0.39 is 0 Å². The first kappa shape index (κ1) is 26.4. The van der Waals surface area contributed by atoms with Crippen molar-refractivity contribution in [3.05, 3.63) is 89.2 Å². The molecule has 1 aromatic heterocycles. The van der Waals surface area contributed by atoms with E-state index in [0.29, 0.717) is 28.3 Å². The molecule has 2 amide bonds. The van der Waals surface area contributed by atoms with Crippen LogP contribution in [0.5, 0.6) is 5.75 Å². The lowest BCUT2D eigenvalue weighted by Crippen LogP contribution is -2.48. The minimum atomic E-state index is -0.208. The van der Waals surface area contributed by atoms with Crippen LogP contribution < -0.4 is 15.8 Å². The van der Waals surface area contributed by atoms with E-state index in [4.69, 9.17) is 15.9 Å². The number of nitrogens with one attached hydrogen (secondary N) is 2. The summed E-state index contributed by atoms with van der Waals surface area (Å²) in [6, 6.07) is 18.3. The molecule has 8 heteroatoms. The number of nitrogens with two attached hydrogens (primary N) is 1. The Morgan fingerprint density at radius 2 is 1.92 bits per heavy atom. The van der Waals surface area contributed by atoms with Gasteiger partial charge in [0.15, 0.2) is 0 Å². The predicted octanol–water partition coefficient (Wildman–Crippen LogP) is 4.74. The topological polar surface area (TPSA) is 121 Å². The molecule has 1 saturated heterocycles. The van der Waals surface area contributed by atoms with Crippen LogP contribution >= 0.6 is 0 Å². The second-order valence-electron chi connectivity index (χ2n) is 10.4. The van der Waals surface area contributed by atoms with Crippen molar-refractivity contribution in [1.29, 1.82) is 5.41 Å². The van der Waals surface area contributed by atoms with Crippen molar-refractivity contribution >= 4 is 23.7 Å². The van der Waals surface area contributed by atoms with Gasteiger partial charge in [0.05, 0.1) is 17.4 Å². The van der Waals surface area contributed by atoms with Gasteiger partial charge in [-0.05, 0) is 86.2 Å². The Kier molecular flexibility index (Phi) is 7.91. The second kappa shape index (κ2) is 11.7. The van der Waals surface area contributed by atoms with Crippen LogP contribution in [0.15, 0.2) is 66.9 Å². The molecule has 3 aromatic rings. The van der Waals surface area contributed by atoms with E-state index in [1.165, 1.54) is 0 Å². The van der Waals surface area contributed by atoms with Crippen molar-refractivity contribution in [2.45, 2.75) is 57.2 Å². The maximum Gasteiger partial charge on any atom is 0.251 e. The molecule has 0 bridgehead atoms. The first-order chi connectivity index (χ1) is 19.0. The normalized spacial score (nSPS) is 18.0. The molecule has 0 spiro atoms. The Bertz CT molecular complexity index is 1320. The smallest absolute Gasteiger partial charge is 0.251 e. The zero-order chi connectivity index (χ0) is 27.4. The number of nitrogen functional groups attached to an aromatic ring is 1. The van der Waals surface area contributed by atoms with Gasteiger partial charge in [-0.15, -0.1) is 0 Å². The fourth-order valence-electron chi connectivity index (χ4n) is 5.06. The van der Waals surface area contributed by atoms with Crippen molar-refractivity contribution in [3.8, 4) is 5.75 Å². The molecule has 2 aliphatic rings. The van der Waals surface area contributed by atoms with E-state index in [0.717, 1.165) is 56.5 Å². The number of pyridine rings is 1. The number of nitrogens with zero attached hydrogens (tertiary/aromatic N) is 2. The Balaban J connectivity index is 1.26. The molecule has 202 valence electrons. The highest BCUT2D eigenvalue weighted by atomic mass is 16.5. The van der Waals surface area contributed by atoms with E-state index >= 15 is 0 Å². The fraction of sp³-hybridized carbons (Fsp3) is 0.355. The quantitative estimate of drug-likeness (QED) is 0.179. The Hall–Kier alpha value is -4.20. The molecule has 4 N–H and O–H groups in total. The average Bonchev–Trinajstić information content (AvgIpc) is 3.79. The zero-order valence-corrected chi connectivity index (χ0v) is 22.2. The summed E-state index contributed by atoms with van der Waals surface area (Å²) in [6.07, 6.45) is 7.46. The van der Waals surface area contributed by atoms with Gasteiger partial charge in [-0.3, -0.25) is 20.0 Å². The zero-order valence-electron chi connectivity index (χ0n) is 22.2. The van der Waals surface area contributed by atoms with E-state index in [1.807, 2.05) is 47.4 Å². The number of anilines is 1. The fourth-order valence-corrected chi connectivity index (χ4v) is 5.06. The summed E-state index contributed by atoms with van der Waals surface area (Å²) in [5.74, 6) is 0.902. The lowest BCUT2D eigenvalue weighted by atomic mass is 9.96. The lowest BCUT2D eigenvalue weighted by Gasteiger charge is -2.39. The molecule has 1 aliphatic carbocycles. The van der Waals surface area contributed by atoms with E-state index in [9.17, 15) is 9.59 Å². The van der Waals surface area contributed by atoms with Gasteiger partial charge in [-0.25, -0.2) is 0 Å². The molecular weight excluding hydrogens is 490 g/mol. The summed E-state index contributed by atoms with van der Waals surface area (Å²) in [7, 11) is 0. The summed E-state index contributed by atoms with van der Waals surface area (Å²) in [5.41, 5.74) is 9.41. The molecule has 5 rings (SSSR count). The number of carbonyl (C=O) groups excluding carboxylic acids is 2. The number of rotatable bonds is 12. The van der Waals surface area contributed by atoms with Crippen molar-refractivity contribution in [2.75, 3.05) is 12.3 Å². The van der Waals surface area contributed by atoms with Crippen LogP contribution in [0.1, 0.15) is 72.2 Å². The highest BCUT2D eigenvalue weighted by Crippen LogP contribution is 2.40.